The molecule has 3 aromatic rings. The summed E-state index contributed by atoms with van der Waals surface area (Å²) in [6, 6.07) is 1.84. The molecule has 0 amide bonds. The van der Waals surface area contributed by atoms with Gasteiger partial charge in [-0.25, -0.2) is 4.98 Å². The van der Waals surface area contributed by atoms with Crippen molar-refractivity contribution in [2.75, 3.05) is 0 Å². The Bertz CT molecular complexity index is 705. The van der Waals surface area contributed by atoms with E-state index in [1.54, 1.807) is 6.20 Å². The molecule has 0 saturated heterocycles. The molecule has 8 nitrogen and oxygen atoms in total. The maximum Gasteiger partial charge on any atom is 0.256 e. The second kappa shape index (κ2) is 5.33. The van der Waals surface area contributed by atoms with Crippen LogP contribution in [-0.4, -0.2) is 39.5 Å². The molecule has 3 rings (SSSR count). The van der Waals surface area contributed by atoms with Gasteiger partial charge in [0.05, 0.1) is 0 Å². The van der Waals surface area contributed by atoms with Crippen LogP contribution in [0.15, 0.2) is 24.9 Å². The second-order valence-electron chi connectivity index (χ2n) is 4.01. The maximum atomic E-state index is 5.96. The molecule has 0 spiro atoms. The van der Waals surface area contributed by atoms with E-state index in [0.29, 0.717) is 11.8 Å². The highest BCUT2D eigenvalue weighted by Crippen LogP contribution is 2.17. The third kappa shape index (κ3) is 2.37. The molecule has 3 aromatic heterocycles. The van der Waals surface area contributed by atoms with Gasteiger partial charge in [0.25, 0.3) is 5.95 Å². The molecule has 0 aromatic carbocycles. The largest absolute Gasteiger partial charge is 0.262 e. The number of halogens is 1. The van der Waals surface area contributed by atoms with Crippen LogP contribution < -0.4 is 0 Å². The summed E-state index contributed by atoms with van der Waals surface area (Å²) in [6.07, 6.45) is 5.57. The lowest BCUT2D eigenvalue weighted by Crippen LogP contribution is -2.08. The Balaban J connectivity index is 2.08. The van der Waals surface area contributed by atoms with E-state index in [1.807, 2.05) is 10.7 Å². The van der Waals surface area contributed by atoms with Gasteiger partial charge >= 0.3 is 0 Å². The molecule has 0 aliphatic heterocycles. The van der Waals surface area contributed by atoms with Crippen molar-refractivity contribution in [3.63, 3.8) is 0 Å². The molecule has 0 bridgehead atoms. The molecule has 0 saturated carbocycles. The third-order valence-electron chi connectivity index (χ3n) is 2.60. The van der Waals surface area contributed by atoms with Gasteiger partial charge in [0.1, 0.15) is 18.3 Å². The van der Waals surface area contributed by atoms with Crippen LogP contribution in [0.1, 0.15) is 13.3 Å². The van der Waals surface area contributed by atoms with Crippen molar-refractivity contribution in [3.05, 3.63) is 30.2 Å². The molecule has 0 atom stereocenters. The van der Waals surface area contributed by atoms with Gasteiger partial charge in [-0.05, 0) is 24.1 Å². The Kier molecular flexibility index (Phi) is 3.38. The van der Waals surface area contributed by atoms with Gasteiger partial charge in [0.2, 0.25) is 5.28 Å². The maximum absolute atomic E-state index is 5.96. The topological polar surface area (TPSA) is 87.2 Å². The fourth-order valence-corrected chi connectivity index (χ4v) is 1.94. The lowest BCUT2D eigenvalue weighted by molar-refractivity contribution is 0.606. The summed E-state index contributed by atoms with van der Waals surface area (Å²) >= 11 is 5.96. The van der Waals surface area contributed by atoms with E-state index in [2.05, 4.69) is 37.1 Å². The lowest BCUT2D eigenvalue weighted by atomic mass is 10.4. The normalized spacial score (nSPS) is 10.9. The van der Waals surface area contributed by atoms with Crippen LogP contribution in [0.4, 0.5) is 0 Å². The molecule has 20 heavy (non-hydrogen) atoms. The van der Waals surface area contributed by atoms with Gasteiger partial charge in [-0.1, -0.05) is 6.92 Å². The Labute approximate surface area is 119 Å². The molecular formula is C11H11ClN8. The van der Waals surface area contributed by atoms with E-state index in [9.17, 15) is 0 Å². The molecule has 0 radical (unpaired) electrons. The summed E-state index contributed by atoms with van der Waals surface area (Å²) < 4.78 is 3.26. The summed E-state index contributed by atoms with van der Waals surface area (Å²) in [5.74, 6) is 0.781. The van der Waals surface area contributed by atoms with E-state index in [4.69, 9.17) is 11.6 Å². The zero-order valence-corrected chi connectivity index (χ0v) is 11.4. The van der Waals surface area contributed by atoms with Crippen LogP contribution in [0, 0.1) is 0 Å². The van der Waals surface area contributed by atoms with E-state index in [0.717, 1.165) is 18.7 Å². The number of aryl methyl sites for hydroxylation is 1. The molecule has 0 aliphatic carbocycles. The zero-order chi connectivity index (χ0) is 13.9. The van der Waals surface area contributed by atoms with Crippen LogP contribution in [0.5, 0.6) is 0 Å². The van der Waals surface area contributed by atoms with Gasteiger partial charge in [-0.15, -0.1) is 0 Å². The fourth-order valence-electron chi connectivity index (χ4n) is 1.78. The van der Waals surface area contributed by atoms with E-state index in [-0.39, 0.29) is 5.28 Å². The van der Waals surface area contributed by atoms with Crippen LogP contribution in [0.3, 0.4) is 0 Å². The highest BCUT2D eigenvalue weighted by Gasteiger charge is 2.13. The monoisotopic (exact) mass is 290 g/mol. The van der Waals surface area contributed by atoms with Crippen molar-refractivity contribution >= 4 is 11.6 Å². The van der Waals surface area contributed by atoms with Crippen molar-refractivity contribution in [1.82, 2.24) is 39.5 Å². The summed E-state index contributed by atoms with van der Waals surface area (Å²) in [5, 5.41) is 8.32. The van der Waals surface area contributed by atoms with Crippen LogP contribution in [0.2, 0.25) is 5.28 Å². The van der Waals surface area contributed by atoms with Gasteiger partial charge in [-0.2, -0.15) is 29.8 Å². The van der Waals surface area contributed by atoms with E-state index >= 15 is 0 Å². The summed E-state index contributed by atoms with van der Waals surface area (Å²) in [5.41, 5.74) is 0.789. The molecule has 0 aliphatic rings. The number of rotatable bonds is 4. The van der Waals surface area contributed by atoms with Crippen LogP contribution in [0.25, 0.3) is 17.5 Å². The fraction of sp³-hybridized carbons (Fsp3) is 0.273. The number of hydrogen-bond donors (Lipinski definition) is 0. The van der Waals surface area contributed by atoms with Crippen molar-refractivity contribution < 1.29 is 0 Å². The number of hydrogen-bond acceptors (Lipinski definition) is 6. The smallest absolute Gasteiger partial charge is 0.256 e. The molecular weight excluding hydrogens is 280 g/mol. The third-order valence-corrected chi connectivity index (χ3v) is 2.77. The Hall–Kier alpha value is -2.35. The first kappa shape index (κ1) is 12.7. The minimum absolute atomic E-state index is 0.102. The van der Waals surface area contributed by atoms with Gasteiger partial charge in [0, 0.05) is 12.7 Å². The minimum atomic E-state index is 0.102. The summed E-state index contributed by atoms with van der Waals surface area (Å²) in [7, 11) is 0. The van der Waals surface area contributed by atoms with Crippen molar-refractivity contribution in [2.24, 2.45) is 0 Å². The number of aromatic nitrogens is 8. The molecule has 102 valence electrons. The Morgan fingerprint density at radius 1 is 1.20 bits per heavy atom. The SMILES string of the molecule is CCCn1nccc1-c1nc(Cl)nc(-n2cncn2)n1. The summed E-state index contributed by atoms with van der Waals surface area (Å²) in [4.78, 5) is 16.4. The lowest BCUT2D eigenvalue weighted by Gasteiger charge is -2.06. The Morgan fingerprint density at radius 2 is 2.10 bits per heavy atom. The van der Waals surface area contributed by atoms with E-state index < -0.39 is 0 Å². The van der Waals surface area contributed by atoms with Crippen LogP contribution in [-0.2, 0) is 6.54 Å². The molecule has 0 N–H and O–H groups in total. The average molecular weight is 291 g/mol. The molecule has 0 unspecified atom stereocenters. The first-order valence-electron chi connectivity index (χ1n) is 6.06. The van der Waals surface area contributed by atoms with Gasteiger partial charge in [-0.3, -0.25) is 4.68 Å². The second-order valence-corrected chi connectivity index (χ2v) is 4.35. The number of nitrogens with zero attached hydrogens (tertiary/aromatic N) is 8. The molecule has 3 heterocycles. The van der Waals surface area contributed by atoms with Gasteiger partial charge in [0.15, 0.2) is 5.82 Å². The average Bonchev–Trinajstić information content (AvgIpc) is 3.09. The van der Waals surface area contributed by atoms with Crippen molar-refractivity contribution in [3.8, 4) is 17.5 Å². The minimum Gasteiger partial charge on any atom is -0.262 e. The summed E-state index contributed by atoms with van der Waals surface area (Å²) in [6.45, 7) is 2.86. The molecule has 9 heteroatoms. The van der Waals surface area contributed by atoms with Crippen molar-refractivity contribution in [2.45, 2.75) is 19.9 Å². The quantitative estimate of drug-likeness (QED) is 0.721. The first-order valence-corrected chi connectivity index (χ1v) is 6.44. The predicted molar refractivity (Wildman–Crippen MR) is 71.3 cm³/mol. The predicted octanol–water partition coefficient (Wildman–Crippen LogP) is 1.38. The zero-order valence-electron chi connectivity index (χ0n) is 10.7. The highest BCUT2D eigenvalue weighted by atomic mass is 35.5. The molecule has 0 fully saturated rings. The van der Waals surface area contributed by atoms with E-state index in [1.165, 1.54) is 17.3 Å². The standard InChI is InChI=1S/C11H11ClN8/c1-2-5-19-8(3-4-14-19)9-16-10(12)18-11(17-9)20-7-13-6-15-20/h3-4,6-7H,2,5H2,1H3. The van der Waals surface area contributed by atoms with Crippen molar-refractivity contribution in [1.29, 1.82) is 0 Å². The van der Waals surface area contributed by atoms with Crippen LogP contribution >= 0.6 is 11.6 Å². The van der Waals surface area contributed by atoms with Gasteiger partial charge < -0.3 is 0 Å². The highest BCUT2D eigenvalue weighted by molar-refractivity contribution is 6.28. The first-order chi connectivity index (χ1) is 9.78. The Morgan fingerprint density at radius 3 is 2.85 bits per heavy atom.